The van der Waals surface area contributed by atoms with Crippen LogP contribution >= 0.6 is 0 Å². The third kappa shape index (κ3) is 5.08. The second-order valence-electron chi connectivity index (χ2n) is 8.26. The maximum atomic E-state index is 13.2. The van der Waals surface area contributed by atoms with E-state index in [1.807, 2.05) is 19.1 Å². The molecule has 0 radical (unpaired) electrons. The Hall–Kier alpha value is -1.70. The van der Waals surface area contributed by atoms with Crippen molar-refractivity contribution >= 4 is 5.91 Å². The molecule has 0 aromatic carbocycles. The Morgan fingerprint density at radius 1 is 1.10 bits per heavy atom. The number of aromatic nitrogens is 1. The monoisotopic (exact) mass is 402 g/mol. The highest BCUT2D eigenvalue weighted by Gasteiger charge is 2.37. The minimum Gasteiger partial charge on any atom is -0.492 e. The highest BCUT2D eigenvalue weighted by molar-refractivity contribution is 5.83. The minimum absolute atomic E-state index is 0.0670. The topological polar surface area (TPSA) is 58.1 Å². The van der Waals surface area contributed by atoms with Gasteiger partial charge in [0.25, 0.3) is 0 Å². The van der Waals surface area contributed by atoms with Gasteiger partial charge in [-0.1, -0.05) is 0 Å². The third-order valence-corrected chi connectivity index (χ3v) is 6.42. The van der Waals surface area contributed by atoms with Crippen LogP contribution < -0.4 is 4.74 Å². The lowest BCUT2D eigenvalue weighted by Gasteiger charge is -2.45. The molecule has 4 heterocycles. The van der Waals surface area contributed by atoms with Gasteiger partial charge in [-0.25, -0.2) is 0 Å². The molecule has 1 unspecified atom stereocenters. The summed E-state index contributed by atoms with van der Waals surface area (Å²) in [4.78, 5) is 24.7. The molecule has 1 aromatic rings. The molecule has 1 amide bonds. The molecule has 7 heteroatoms. The second kappa shape index (κ2) is 9.87. The van der Waals surface area contributed by atoms with E-state index in [1.54, 1.807) is 6.20 Å². The number of hydrogen-bond donors (Lipinski definition) is 0. The number of likely N-dealkylation sites (tertiary alicyclic amines) is 1. The molecule has 4 rings (SSSR count). The van der Waals surface area contributed by atoms with Crippen LogP contribution in [0.5, 0.6) is 5.75 Å². The van der Waals surface area contributed by atoms with Gasteiger partial charge in [-0.05, 0) is 44.7 Å². The van der Waals surface area contributed by atoms with Gasteiger partial charge in [0.1, 0.15) is 5.75 Å². The summed E-state index contributed by atoms with van der Waals surface area (Å²) < 4.78 is 11.0. The van der Waals surface area contributed by atoms with Crippen LogP contribution in [0.4, 0.5) is 0 Å². The zero-order chi connectivity index (χ0) is 20.1. The number of hydrogen-bond acceptors (Lipinski definition) is 6. The minimum atomic E-state index is 0.0670. The van der Waals surface area contributed by atoms with E-state index in [1.165, 1.54) is 0 Å². The number of rotatable bonds is 6. The van der Waals surface area contributed by atoms with Gasteiger partial charge in [-0.2, -0.15) is 0 Å². The molecule has 1 aromatic heterocycles. The summed E-state index contributed by atoms with van der Waals surface area (Å²) in [5, 5.41) is 0. The maximum absolute atomic E-state index is 13.2. The predicted octanol–water partition coefficient (Wildman–Crippen LogP) is 1.77. The third-order valence-electron chi connectivity index (χ3n) is 6.42. The fourth-order valence-corrected chi connectivity index (χ4v) is 4.80. The molecular weight excluding hydrogens is 368 g/mol. The van der Waals surface area contributed by atoms with E-state index in [9.17, 15) is 4.79 Å². The number of piperidine rings is 1. The molecule has 1 atom stereocenters. The molecule has 0 saturated carbocycles. The number of ether oxygens (including phenoxy) is 2. The molecule has 29 heavy (non-hydrogen) atoms. The van der Waals surface area contributed by atoms with E-state index < -0.39 is 0 Å². The molecule has 3 aliphatic heterocycles. The zero-order valence-corrected chi connectivity index (χ0v) is 17.6. The fourth-order valence-electron chi connectivity index (χ4n) is 4.80. The summed E-state index contributed by atoms with van der Waals surface area (Å²) in [6, 6.07) is 4.49. The summed E-state index contributed by atoms with van der Waals surface area (Å²) in [7, 11) is 0. The van der Waals surface area contributed by atoms with Gasteiger partial charge in [0.15, 0.2) is 0 Å². The van der Waals surface area contributed by atoms with Crippen molar-refractivity contribution in [1.29, 1.82) is 0 Å². The number of carbonyl (C=O) groups is 1. The first kappa shape index (κ1) is 20.6. The summed E-state index contributed by atoms with van der Waals surface area (Å²) in [5.41, 5.74) is 1.07. The SMILES string of the molecule is CCOc1ccc(CN2CCN(C3CCCN(C4CCOCC4)C3=O)CC2)nc1. The van der Waals surface area contributed by atoms with E-state index in [0.717, 1.165) is 89.6 Å². The van der Waals surface area contributed by atoms with Crippen molar-refractivity contribution in [3.05, 3.63) is 24.0 Å². The molecular formula is C22H34N4O3. The first-order valence-corrected chi connectivity index (χ1v) is 11.2. The van der Waals surface area contributed by atoms with E-state index >= 15 is 0 Å². The molecule has 160 valence electrons. The van der Waals surface area contributed by atoms with Crippen LogP contribution in [-0.4, -0.2) is 90.2 Å². The van der Waals surface area contributed by atoms with Crippen LogP contribution in [0.1, 0.15) is 38.3 Å². The van der Waals surface area contributed by atoms with Crippen molar-refractivity contribution in [2.45, 2.75) is 51.2 Å². The van der Waals surface area contributed by atoms with Crippen molar-refractivity contribution in [3.63, 3.8) is 0 Å². The Bertz CT molecular complexity index is 655. The van der Waals surface area contributed by atoms with Gasteiger partial charge in [0.05, 0.1) is 24.5 Å². The smallest absolute Gasteiger partial charge is 0.240 e. The molecule has 0 bridgehead atoms. The summed E-state index contributed by atoms with van der Waals surface area (Å²) in [6.07, 6.45) is 5.90. The Balaban J connectivity index is 1.28. The normalized spacial score (nSPS) is 25.3. The molecule has 0 N–H and O–H groups in total. The average Bonchev–Trinajstić information content (AvgIpc) is 2.77. The molecule has 3 aliphatic rings. The summed E-state index contributed by atoms with van der Waals surface area (Å²) >= 11 is 0. The first-order valence-electron chi connectivity index (χ1n) is 11.2. The number of piperazine rings is 1. The van der Waals surface area contributed by atoms with E-state index in [-0.39, 0.29) is 6.04 Å². The molecule has 0 spiro atoms. The molecule has 0 aliphatic carbocycles. The Kier molecular flexibility index (Phi) is 7.00. The van der Waals surface area contributed by atoms with Crippen LogP contribution in [0.15, 0.2) is 18.3 Å². The van der Waals surface area contributed by atoms with Crippen molar-refractivity contribution in [2.24, 2.45) is 0 Å². The van der Waals surface area contributed by atoms with Gasteiger partial charge in [-0.3, -0.25) is 19.6 Å². The largest absolute Gasteiger partial charge is 0.492 e. The van der Waals surface area contributed by atoms with E-state index in [2.05, 4.69) is 19.7 Å². The summed E-state index contributed by atoms with van der Waals surface area (Å²) in [5.74, 6) is 1.18. The van der Waals surface area contributed by atoms with Crippen LogP contribution in [0.3, 0.4) is 0 Å². The standard InChI is InChI=1S/C22H34N4O3/c1-2-29-20-6-5-18(23-16-20)17-24-10-12-25(13-11-24)21-4-3-9-26(22(21)27)19-7-14-28-15-8-19/h5-6,16,19,21H,2-4,7-15,17H2,1H3. The second-order valence-corrected chi connectivity index (χ2v) is 8.26. The quantitative estimate of drug-likeness (QED) is 0.723. The lowest BCUT2D eigenvalue weighted by Crippen LogP contribution is -2.59. The van der Waals surface area contributed by atoms with Gasteiger partial charge in [0, 0.05) is 58.5 Å². The highest BCUT2D eigenvalue weighted by Crippen LogP contribution is 2.24. The van der Waals surface area contributed by atoms with Gasteiger partial charge < -0.3 is 14.4 Å². The average molecular weight is 403 g/mol. The van der Waals surface area contributed by atoms with Crippen LogP contribution in [-0.2, 0) is 16.1 Å². The first-order chi connectivity index (χ1) is 14.2. The summed E-state index contributed by atoms with van der Waals surface area (Å²) in [6.45, 7) is 9.86. The highest BCUT2D eigenvalue weighted by atomic mass is 16.5. The van der Waals surface area contributed by atoms with Gasteiger partial charge in [-0.15, -0.1) is 0 Å². The van der Waals surface area contributed by atoms with E-state index in [0.29, 0.717) is 18.6 Å². The molecule has 3 fully saturated rings. The van der Waals surface area contributed by atoms with Crippen molar-refractivity contribution in [1.82, 2.24) is 19.7 Å². The van der Waals surface area contributed by atoms with Gasteiger partial charge >= 0.3 is 0 Å². The number of carbonyl (C=O) groups excluding carboxylic acids is 1. The van der Waals surface area contributed by atoms with Crippen LogP contribution in [0.25, 0.3) is 0 Å². The molecule has 7 nitrogen and oxygen atoms in total. The van der Waals surface area contributed by atoms with Crippen molar-refractivity contribution in [2.75, 3.05) is 52.5 Å². The van der Waals surface area contributed by atoms with Crippen LogP contribution in [0, 0.1) is 0 Å². The van der Waals surface area contributed by atoms with Gasteiger partial charge in [0.2, 0.25) is 5.91 Å². The Labute approximate surface area is 174 Å². The van der Waals surface area contributed by atoms with Crippen molar-refractivity contribution < 1.29 is 14.3 Å². The molecule has 3 saturated heterocycles. The van der Waals surface area contributed by atoms with Crippen LogP contribution in [0.2, 0.25) is 0 Å². The Morgan fingerprint density at radius 2 is 1.90 bits per heavy atom. The number of nitrogens with zero attached hydrogens (tertiary/aromatic N) is 4. The maximum Gasteiger partial charge on any atom is 0.240 e. The number of amides is 1. The number of pyridine rings is 1. The zero-order valence-electron chi connectivity index (χ0n) is 17.6. The van der Waals surface area contributed by atoms with E-state index in [4.69, 9.17) is 9.47 Å². The fraction of sp³-hybridized carbons (Fsp3) is 0.727. The van der Waals surface area contributed by atoms with Crippen molar-refractivity contribution in [3.8, 4) is 5.75 Å². The predicted molar refractivity (Wildman–Crippen MR) is 111 cm³/mol. The lowest BCUT2D eigenvalue weighted by molar-refractivity contribution is -0.145. The Morgan fingerprint density at radius 3 is 2.59 bits per heavy atom. The lowest BCUT2D eigenvalue weighted by atomic mass is 9.97.